The molecule has 54 heavy (non-hydrogen) atoms. The number of fused-ring (bicyclic) bond motifs is 3. The van der Waals surface area contributed by atoms with Crippen molar-refractivity contribution in [1.82, 2.24) is 24.6 Å². The first kappa shape index (κ1) is 33.8. The molecule has 2 aromatic heterocycles. The van der Waals surface area contributed by atoms with Gasteiger partial charge in [-0.05, 0) is 92.4 Å². The van der Waals surface area contributed by atoms with Crippen LogP contribution < -0.4 is 14.8 Å². The van der Waals surface area contributed by atoms with Crippen LogP contribution in [-0.4, -0.2) is 56.4 Å². The molecule has 0 radical (unpaired) electrons. The number of para-hydroxylation sites is 1. The largest absolute Gasteiger partial charge is 0.444 e. The van der Waals surface area contributed by atoms with Crippen molar-refractivity contribution < 1.29 is 23.4 Å². The topological polar surface area (TPSA) is 130 Å². The average Bonchev–Trinajstić information content (AvgIpc) is 3.81. The molecule has 0 bridgehead atoms. The van der Waals surface area contributed by atoms with Gasteiger partial charge in [-0.25, -0.2) is 9.37 Å². The van der Waals surface area contributed by atoms with Crippen LogP contribution in [-0.2, 0) is 23.6 Å². The minimum atomic E-state index is -1.37. The lowest BCUT2D eigenvalue weighted by Crippen LogP contribution is -2.33. The predicted molar refractivity (Wildman–Crippen MR) is 202 cm³/mol. The lowest BCUT2D eigenvalue weighted by Gasteiger charge is -2.29. The summed E-state index contributed by atoms with van der Waals surface area (Å²) in [5, 5.41) is 20.6. The van der Waals surface area contributed by atoms with Gasteiger partial charge in [0, 0.05) is 48.8 Å². The zero-order valence-electron chi connectivity index (χ0n) is 30.2. The van der Waals surface area contributed by atoms with Crippen LogP contribution in [0, 0.1) is 31.0 Å². The molecule has 0 saturated carbocycles. The second-order valence-corrected chi connectivity index (χ2v) is 14.4. The molecule has 1 saturated heterocycles. The second kappa shape index (κ2) is 13.1. The monoisotopic (exact) mass is 723 g/mol. The van der Waals surface area contributed by atoms with Crippen molar-refractivity contribution in [3.63, 3.8) is 0 Å². The summed E-state index contributed by atoms with van der Waals surface area (Å²) in [6.07, 6.45) is 4.10. The molecule has 9 rings (SSSR count). The summed E-state index contributed by atoms with van der Waals surface area (Å²) in [5.74, 6) is -0.0726. The van der Waals surface area contributed by atoms with E-state index in [0.29, 0.717) is 42.4 Å². The van der Waals surface area contributed by atoms with Crippen molar-refractivity contribution >= 4 is 39.1 Å². The van der Waals surface area contributed by atoms with Gasteiger partial charge in [-0.15, -0.1) is 0 Å². The number of H-pyrrole nitrogens is 1. The standard InChI is InChI=1S/C42H38FN7O4/c1-24-17-29(20-32-25(2)47-48-39(24)32)45-41(51)28-8-10-36-35(19-28)46-38(50(36)22-30-13-16-52-30)23-49-14-11-27(12-15-49)31-5-4-6-37-40(31)54-42(3,53-37)33-9-7-26(21-44)18-34(33)43/h4-11,17-20,30H,12-16,22-23H2,1-3H3,(H,45,51)(H,47,48)/t30-,42?/m0/s1. The van der Waals surface area contributed by atoms with Gasteiger partial charge in [0.1, 0.15) is 11.6 Å². The number of nitrogens with zero attached hydrogens (tertiary/aromatic N) is 5. The summed E-state index contributed by atoms with van der Waals surface area (Å²) >= 11 is 0. The fourth-order valence-corrected chi connectivity index (χ4v) is 7.72. The zero-order chi connectivity index (χ0) is 37.1. The molecule has 12 heteroatoms. The van der Waals surface area contributed by atoms with Crippen molar-refractivity contribution in [2.45, 2.75) is 58.6 Å². The van der Waals surface area contributed by atoms with Crippen molar-refractivity contribution in [1.29, 1.82) is 5.26 Å². The number of hydrogen-bond acceptors (Lipinski definition) is 8. The minimum absolute atomic E-state index is 0.132. The minimum Gasteiger partial charge on any atom is -0.444 e. The molecule has 0 spiro atoms. The van der Waals surface area contributed by atoms with E-state index >= 15 is 4.39 Å². The van der Waals surface area contributed by atoms with Gasteiger partial charge in [0.2, 0.25) is 0 Å². The first-order chi connectivity index (χ1) is 26.2. The van der Waals surface area contributed by atoms with Gasteiger partial charge in [0.15, 0.2) is 11.5 Å². The van der Waals surface area contributed by atoms with Gasteiger partial charge in [-0.1, -0.05) is 18.2 Å². The Labute approximate surface area is 311 Å². The highest BCUT2D eigenvalue weighted by molar-refractivity contribution is 6.07. The van der Waals surface area contributed by atoms with Crippen LogP contribution in [0.2, 0.25) is 0 Å². The highest BCUT2D eigenvalue weighted by Crippen LogP contribution is 2.49. The van der Waals surface area contributed by atoms with Crippen LogP contribution in [0.25, 0.3) is 27.5 Å². The summed E-state index contributed by atoms with van der Waals surface area (Å²) in [4.78, 5) is 20.9. The molecule has 6 aromatic rings. The van der Waals surface area contributed by atoms with E-state index in [9.17, 15) is 10.1 Å². The number of ether oxygens (including phenoxy) is 3. The highest BCUT2D eigenvalue weighted by atomic mass is 19.1. The quantitative estimate of drug-likeness (QED) is 0.165. The molecule has 2 atom stereocenters. The van der Waals surface area contributed by atoms with Gasteiger partial charge in [-0.2, -0.15) is 10.4 Å². The Morgan fingerprint density at radius 1 is 1.13 bits per heavy atom. The highest BCUT2D eigenvalue weighted by Gasteiger charge is 2.42. The fourth-order valence-electron chi connectivity index (χ4n) is 7.72. The van der Waals surface area contributed by atoms with Gasteiger partial charge in [0.05, 0.1) is 58.6 Å². The maximum atomic E-state index is 15.1. The summed E-state index contributed by atoms with van der Waals surface area (Å²) in [6.45, 7) is 9.19. The van der Waals surface area contributed by atoms with Crippen molar-refractivity contribution in [3.05, 3.63) is 118 Å². The Kier molecular flexibility index (Phi) is 8.21. The molecule has 5 heterocycles. The molecule has 1 fully saturated rings. The van der Waals surface area contributed by atoms with E-state index in [0.717, 1.165) is 76.1 Å². The van der Waals surface area contributed by atoms with E-state index in [1.54, 1.807) is 19.1 Å². The molecule has 3 aliphatic rings. The van der Waals surface area contributed by atoms with Crippen LogP contribution in [0.5, 0.6) is 11.5 Å². The van der Waals surface area contributed by atoms with Gasteiger partial charge < -0.3 is 24.1 Å². The number of imidazole rings is 1. The van der Waals surface area contributed by atoms with E-state index in [1.165, 1.54) is 6.07 Å². The van der Waals surface area contributed by atoms with Crippen LogP contribution in [0.15, 0.2) is 72.8 Å². The molecule has 272 valence electrons. The number of aryl methyl sites for hydroxylation is 2. The Morgan fingerprint density at radius 2 is 2.00 bits per heavy atom. The van der Waals surface area contributed by atoms with Gasteiger partial charge in [-0.3, -0.25) is 14.8 Å². The number of rotatable bonds is 8. The Morgan fingerprint density at radius 3 is 2.76 bits per heavy atom. The number of nitrogens with one attached hydrogen (secondary N) is 2. The van der Waals surface area contributed by atoms with Crippen molar-refractivity contribution in [2.24, 2.45) is 0 Å². The second-order valence-electron chi connectivity index (χ2n) is 14.4. The SMILES string of the molecule is Cc1n[nH]c2c(C)cc(NC(=O)c3ccc4c(c3)nc(CN3CC=C(c5cccc6c5OC(C)(c5ccc(C#N)cc5F)O6)CC3)n4C[C@@H]3CCO3)cc12. The van der Waals surface area contributed by atoms with Gasteiger partial charge >= 0.3 is 0 Å². The third-order valence-electron chi connectivity index (χ3n) is 10.8. The van der Waals surface area contributed by atoms with Crippen LogP contribution >= 0.6 is 0 Å². The maximum absolute atomic E-state index is 15.1. The lowest BCUT2D eigenvalue weighted by atomic mass is 9.98. The van der Waals surface area contributed by atoms with E-state index in [4.69, 9.17) is 19.2 Å². The number of amides is 1. The lowest BCUT2D eigenvalue weighted by molar-refractivity contribution is -0.0708. The smallest absolute Gasteiger partial charge is 0.278 e. The fraction of sp³-hybridized carbons (Fsp3) is 0.286. The normalized spacial score (nSPS) is 19.5. The van der Waals surface area contributed by atoms with E-state index in [1.807, 2.05) is 68.4 Å². The maximum Gasteiger partial charge on any atom is 0.278 e. The first-order valence-corrected chi connectivity index (χ1v) is 18.2. The Hall–Kier alpha value is -6.03. The number of anilines is 1. The molecule has 1 unspecified atom stereocenters. The molecular formula is C42H38FN7O4. The third-order valence-corrected chi connectivity index (χ3v) is 10.8. The molecule has 1 amide bonds. The number of hydrogen-bond donors (Lipinski definition) is 2. The number of carbonyl (C=O) groups excluding carboxylic acids is 1. The zero-order valence-corrected chi connectivity index (χ0v) is 30.2. The molecule has 11 nitrogen and oxygen atoms in total. The summed E-state index contributed by atoms with van der Waals surface area (Å²) < 4.78 is 35.7. The van der Waals surface area contributed by atoms with Crippen LogP contribution in [0.4, 0.5) is 10.1 Å². The summed E-state index contributed by atoms with van der Waals surface area (Å²) in [7, 11) is 0. The summed E-state index contributed by atoms with van der Waals surface area (Å²) in [5.41, 5.74) is 8.35. The van der Waals surface area contributed by atoms with Crippen molar-refractivity contribution in [2.75, 3.05) is 25.0 Å². The van der Waals surface area contributed by atoms with Crippen LogP contribution in [0.3, 0.4) is 0 Å². The number of halogens is 1. The molecule has 0 aliphatic carbocycles. The molecule has 2 N–H and O–H groups in total. The predicted octanol–water partition coefficient (Wildman–Crippen LogP) is 7.51. The Balaban J connectivity index is 0.939. The number of carbonyl (C=O) groups is 1. The number of nitriles is 1. The molecular weight excluding hydrogens is 686 g/mol. The number of aromatic nitrogens is 4. The van der Waals surface area contributed by atoms with E-state index in [-0.39, 0.29) is 23.1 Å². The first-order valence-electron chi connectivity index (χ1n) is 18.2. The van der Waals surface area contributed by atoms with Gasteiger partial charge in [0.25, 0.3) is 11.7 Å². The van der Waals surface area contributed by atoms with Crippen molar-refractivity contribution in [3.8, 4) is 17.6 Å². The number of aromatic amines is 1. The Bertz CT molecular complexity index is 2560. The number of benzene rings is 4. The molecule has 3 aliphatic heterocycles. The third kappa shape index (κ3) is 5.95. The van der Waals surface area contributed by atoms with E-state index < -0.39 is 11.6 Å². The van der Waals surface area contributed by atoms with Crippen LogP contribution in [0.1, 0.15) is 63.9 Å². The van der Waals surface area contributed by atoms with E-state index in [2.05, 4.69) is 31.1 Å². The average molecular weight is 724 g/mol. The molecule has 4 aromatic carbocycles. The summed E-state index contributed by atoms with van der Waals surface area (Å²) in [6, 6.07) is 21.6.